The van der Waals surface area contributed by atoms with Gasteiger partial charge in [-0.15, -0.1) is 0 Å². The molecule has 0 aromatic carbocycles. The van der Waals surface area contributed by atoms with Crippen LogP contribution in [0.1, 0.15) is 24.2 Å². The summed E-state index contributed by atoms with van der Waals surface area (Å²) in [5, 5.41) is 7.94. The van der Waals surface area contributed by atoms with E-state index in [-0.39, 0.29) is 11.3 Å². The normalized spacial score (nSPS) is 11.7. The van der Waals surface area contributed by atoms with E-state index in [2.05, 4.69) is 40.2 Å². The van der Waals surface area contributed by atoms with Gasteiger partial charge in [-0.2, -0.15) is 5.10 Å². The van der Waals surface area contributed by atoms with Gasteiger partial charge in [-0.1, -0.05) is 35.8 Å². The van der Waals surface area contributed by atoms with Crippen molar-refractivity contribution in [2.45, 2.75) is 13.8 Å². The van der Waals surface area contributed by atoms with Crippen LogP contribution in [0.4, 0.5) is 0 Å². The van der Waals surface area contributed by atoms with E-state index < -0.39 is 0 Å². The largest absolute Gasteiger partial charge is 0.351 e. The van der Waals surface area contributed by atoms with Crippen molar-refractivity contribution in [2.75, 3.05) is 11.9 Å². The topological polar surface area (TPSA) is 46.4 Å². The zero-order valence-corrected chi connectivity index (χ0v) is 12.1. The first-order valence-corrected chi connectivity index (χ1v) is 6.92. The van der Waals surface area contributed by atoms with Crippen molar-refractivity contribution < 1.29 is 4.79 Å². The van der Waals surface area contributed by atoms with Crippen LogP contribution in [0.15, 0.2) is 30.6 Å². The molecule has 2 heterocycles. The molecule has 0 atom stereocenters. The highest BCUT2D eigenvalue weighted by Crippen LogP contribution is 2.17. The van der Waals surface area contributed by atoms with Gasteiger partial charge in [0.15, 0.2) is 0 Å². The van der Waals surface area contributed by atoms with Crippen LogP contribution in [0.3, 0.4) is 0 Å². The number of pyridine rings is 1. The number of alkyl halides is 1. The average Bonchev–Trinajstić information content (AvgIpc) is 2.80. The Bertz CT molecular complexity index is 562. The van der Waals surface area contributed by atoms with Crippen molar-refractivity contribution in [2.24, 2.45) is 5.41 Å². The van der Waals surface area contributed by atoms with E-state index in [1.807, 2.05) is 24.4 Å². The fraction of sp³-hybridized carbons (Fsp3) is 0.385. The van der Waals surface area contributed by atoms with Gasteiger partial charge in [0.05, 0.1) is 17.3 Å². The van der Waals surface area contributed by atoms with Crippen LogP contribution in [-0.4, -0.2) is 27.4 Å². The number of hydrogen-bond donors (Lipinski definition) is 1. The highest BCUT2D eigenvalue weighted by molar-refractivity contribution is 9.09. The highest BCUT2D eigenvalue weighted by Gasteiger charge is 2.19. The van der Waals surface area contributed by atoms with Crippen LogP contribution >= 0.6 is 15.9 Å². The number of carbonyl (C=O) groups is 1. The van der Waals surface area contributed by atoms with Crippen molar-refractivity contribution >= 4 is 27.4 Å². The molecule has 0 unspecified atom stereocenters. The summed E-state index contributed by atoms with van der Waals surface area (Å²) in [5.74, 6) is -0.0785. The van der Waals surface area contributed by atoms with Crippen molar-refractivity contribution in [3.63, 3.8) is 0 Å². The van der Waals surface area contributed by atoms with Crippen molar-refractivity contribution in [1.82, 2.24) is 14.9 Å². The molecule has 96 valence electrons. The second-order valence-corrected chi connectivity index (χ2v) is 5.63. The Hall–Kier alpha value is -1.36. The maximum Gasteiger partial charge on any atom is 0.255 e. The first-order chi connectivity index (χ1) is 8.53. The van der Waals surface area contributed by atoms with Gasteiger partial charge < -0.3 is 5.32 Å². The average molecular weight is 310 g/mol. The van der Waals surface area contributed by atoms with Crippen LogP contribution in [0, 0.1) is 5.41 Å². The fourth-order valence-electron chi connectivity index (χ4n) is 1.57. The van der Waals surface area contributed by atoms with Crippen molar-refractivity contribution in [3.05, 3.63) is 36.2 Å². The van der Waals surface area contributed by atoms with E-state index >= 15 is 0 Å². The monoisotopic (exact) mass is 309 g/mol. The maximum atomic E-state index is 12.1. The summed E-state index contributed by atoms with van der Waals surface area (Å²) >= 11 is 3.44. The SMILES string of the molecule is CC(C)(CBr)CNC(=O)c1cnn2ccccc12. The van der Waals surface area contributed by atoms with Gasteiger partial charge in [0.25, 0.3) is 5.91 Å². The third-order valence-corrected chi connectivity index (χ3v) is 4.28. The molecule has 0 aliphatic rings. The van der Waals surface area contributed by atoms with Gasteiger partial charge in [-0.3, -0.25) is 4.79 Å². The molecule has 0 aliphatic carbocycles. The molecular formula is C13H16BrN3O. The number of nitrogens with zero attached hydrogens (tertiary/aromatic N) is 2. The Morgan fingerprint density at radius 2 is 2.28 bits per heavy atom. The molecule has 0 saturated heterocycles. The molecular weight excluding hydrogens is 294 g/mol. The number of amides is 1. The van der Waals surface area contributed by atoms with E-state index in [1.54, 1.807) is 10.7 Å². The minimum Gasteiger partial charge on any atom is -0.351 e. The Kier molecular flexibility index (Phi) is 3.71. The molecule has 0 spiro atoms. The lowest BCUT2D eigenvalue weighted by molar-refractivity contribution is 0.0942. The predicted octanol–water partition coefficient (Wildman–Crippen LogP) is 2.49. The van der Waals surface area contributed by atoms with Crippen molar-refractivity contribution in [1.29, 1.82) is 0 Å². The molecule has 5 heteroatoms. The van der Waals surface area contributed by atoms with E-state index in [1.165, 1.54) is 0 Å². The fourth-order valence-corrected chi connectivity index (χ4v) is 1.77. The summed E-state index contributed by atoms with van der Waals surface area (Å²) < 4.78 is 1.70. The number of carbonyl (C=O) groups excluding carboxylic acids is 1. The van der Waals surface area contributed by atoms with E-state index in [0.29, 0.717) is 12.1 Å². The number of rotatable bonds is 4. The number of halogens is 1. The summed E-state index contributed by atoms with van der Waals surface area (Å²) in [6.45, 7) is 4.82. The molecule has 1 amide bonds. The molecule has 2 rings (SSSR count). The molecule has 2 aromatic rings. The van der Waals surface area contributed by atoms with Crippen LogP contribution < -0.4 is 5.32 Å². The lowest BCUT2D eigenvalue weighted by Crippen LogP contribution is -2.34. The predicted molar refractivity (Wildman–Crippen MR) is 75.1 cm³/mol. The first kappa shape index (κ1) is 13.1. The summed E-state index contributed by atoms with van der Waals surface area (Å²) in [5.41, 5.74) is 1.48. The van der Waals surface area contributed by atoms with Crippen molar-refractivity contribution in [3.8, 4) is 0 Å². The Balaban J connectivity index is 2.14. The number of hydrogen-bond acceptors (Lipinski definition) is 2. The van der Waals surface area contributed by atoms with Gasteiger partial charge in [-0.05, 0) is 17.5 Å². The number of aromatic nitrogens is 2. The molecule has 0 bridgehead atoms. The summed E-state index contributed by atoms with van der Waals surface area (Å²) in [6, 6.07) is 5.67. The second kappa shape index (κ2) is 5.10. The Labute approximate surface area is 115 Å². The molecule has 0 saturated carbocycles. The van der Waals surface area contributed by atoms with E-state index in [0.717, 1.165) is 10.8 Å². The minimum absolute atomic E-state index is 0.0403. The first-order valence-electron chi connectivity index (χ1n) is 5.80. The number of fused-ring (bicyclic) bond motifs is 1. The third kappa shape index (κ3) is 2.72. The molecule has 0 aliphatic heterocycles. The Morgan fingerprint density at radius 3 is 3.00 bits per heavy atom. The minimum atomic E-state index is -0.0785. The van der Waals surface area contributed by atoms with Crippen LogP contribution in [0.2, 0.25) is 0 Å². The standard InChI is InChI=1S/C13H16BrN3O/c1-13(2,8-14)9-15-12(18)10-7-16-17-6-4-3-5-11(10)17/h3-7H,8-9H2,1-2H3,(H,15,18). The third-order valence-electron chi connectivity index (χ3n) is 2.76. The highest BCUT2D eigenvalue weighted by atomic mass is 79.9. The van der Waals surface area contributed by atoms with Gasteiger partial charge >= 0.3 is 0 Å². The molecule has 2 aromatic heterocycles. The lowest BCUT2D eigenvalue weighted by Gasteiger charge is -2.21. The smallest absolute Gasteiger partial charge is 0.255 e. The molecule has 4 nitrogen and oxygen atoms in total. The second-order valence-electron chi connectivity index (χ2n) is 5.07. The Morgan fingerprint density at radius 1 is 1.50 bits per heavy atom. The van der Waals surface area contributed by atoms with Gasteiger partial charge in [0, 0.05) is 18.1 Å². The summed E-state index contributed by atoms with van der Waals surface area (Å²) in [4.78, 5) is 12.1. The van der Waals surface area contributed by atoms with E-state index in [4.69, 9.17) is 0 Å². The van der Waals surface area contributed by atoms with Gasteiger partial charge in [0.1, 0.15) is 0 Å². The van der Waals surface area contributed by atoms with E-state index in [9.17, 15) is 4.79 Å². The molecule has 0 fully saturated rings. The van der Waals surface area contributed by atoms with Crippen LogP contribution in [0.25, 0.3) is 5.52 Å². The van der Waals surface area contributed by atoms with Gasteiger partial charge in [0.2, 0.25) is 0 Å². The summed E-state index contributed by atoms with van der Waals surface area (Å²) in [7, 11) is 0. The molecule has 1 N–H and O–H groups in total. The van der Waals surface area contributed by atoms with Gasteiger partial charge in [-0.25, -0.2) is 4.52 Å². The van der Waals surface area contributed by atoms with Crippen LogP contribution in [0.5, 0.6) is 0 Å². The maximum absolute atomic E-state index is 12.1. The quantitative estimate of drug-likeness (QED) is 0.882. The molecule has 18 heavy (non-hydrogen) atoms. The zero-order chi connectivity index (χ0) is 13.2. The summed E-state index contributed by atoms with van der Waals surface area (Å²) in [6.07, 6.45) is 3.43. The number of nitrogens with one attached hydrogen (secondary N) is 1. The zero-order valence-electron chi connectivity index (χ0n) is 10.5. The lowest BCUT2D eigenvalue weighted by atomic mass is 9.97. The van der Waals surface area contributed by atoms with Crippen LogP contribution in [-0.2, 0) is 0 Å². The molecule has 0 radical (unpaired) electrons.